The summed E-state index contributed by atoms with van der Waals surface area (Å²) in [4.78, 5) is 13.8. The van der Waals surface area contributed by atoms with Gasteiger partial charge in [0.05, 0.1) is 28.8 Å². The number of benzene rings is 6. The van der Waals surface area contributed by atoms with Crippen LogP contribution in [0.15, 0.2) is 133 Å². The summed E-state index contributed by atoms with van der Waals surface area (Å²) in [6.07, 6.45) is 0. The van der Waals surface area contributed by atoms with Crippen LogP contribution in [0.5, 0.6) is 0 Å². The van der Waals surface area contributed by atoms with Crippen LogP contribution in [0, 0.1) is 6.57 Å². The first-order valence-electron chi connectivity index (χ1n) is 14.3. The van der Waals surface area contributed by atoms with Crippen molar-refractivity contribution in [3.05, 3.63) is 145 Å². The van der Waals surface area contributed by atoms with Gasteiger partial charge >= 0.3 is 0 Å². The van der Waals surface area contributed by atoms with Crippen molar-refractivity contribution < 1.29 is 0 Å². The summed E-state index contributed by atoms with van der Waals surface area (Å²) in [5.74, 6) is 0. The number of fused-ring (bicyclic) bond motifs is 11. The Morgan fingerprint density at radius 2 is 1.14 bits per heavy atom. The van der Waals surface area contributed by atoms with Gasteiger partial charge in [-0.1, -0.05) is 97.1 Å². The Kier molecular flexibility index (Phi) is 4.93. The fourth-order valence-corrected chi connectivity index (χ4v) is 6.54. The minimum atomic E-state index is 0.618. The number of nitrogens with zero attached hydrogens (tertiary/aromatic N) is 4. The van der Waals surface area contributed by atoms with E-state index in [1.807, 2.05) is 36.4 Å². The maximum atomic E-state index is 7.62. The van der Waals surface area contributed by atoms with Gasteiger partial charge in [0.25, 0.3) is 0 Å². The zero-order valence-electron chi connectivity index (χ0n) is 23.0. The predicted molar refractivity (Wildman–Crippen MR) is 178 cm³/mol. The molecule has 0 N–H and O–H groups in total. The van der Waals surface area contributed by atoms with E-state index in [-0.39, 0.29) is 0 Å². The lowest BCUT2D eigenvalue weighted by Gasteiger charge is -2.12. The first kappa shape index (κ1) is 23.6. The largest absolute Gasteiger partial charge is 0.293 e. The molecule has 0 saturated heterocycles. The summed E-state index contributed by atoms with van der Waals surface area (Å²) in [6, 6.07) is 46.3. The van der Waals surface area contributed by atoms with Crippen LogP contribution in [0.3, 0.4) is 0 Å². The van der Waals surface area contributed by atoms with E-state index in [1.54, 1.807) is 0 Å². The molecule has 0 amide bonds. The van der Waals surface area contributed by atoms with Crippen LogP contribution >= 0.6 is 0 Å². The molecule has 0 aliphatic carbocycles. The molecule has 198 valence electrons. The Morgan fingerprint density at radius 3 is 1.98 bits per heavy atom. The van der Waals surface area contributed by atoms with Gasteiger partial charge in [0.2, 0.25) is 0 Å². The van der Waals surface area contributed by atoms with Crippen molar-refractivity contribution in [1.82, 2.24) is 14.4 Å². The lowest BCUT2D eigenvalue weighted by molar-refractivity contribution is 1.32. The van der Waals surface area contributed by atoms with Gasteiger partial charge in [-0.15, -0.1) is 0 Å². The fourth-order valence-electron chi connectivity index (χ4n) is 6.54. The number of hydrogen-bond acceptors (Lipinski definition) is 2. The Bertz CT molecular complexity index is 2620. The number of para-hydroxylation sites is 3. The average molecular weight is 547 g/mol. The molecule has 3 heterocycles. The fraction of sp³-hybridized carbons (Fsp3) is 0. The quantitative estimate of drug-likeness (QED) is 0.160. The molecule has 0 radical (unpaired) electrons. The second-order valence-corrected chi connectivity index (χ2v) is 10.9. The Hall–Kier alpha value is -6.05. The van der Waals surface area contributed by atoms with Gasteiger partial charge < -0.3 is 0 Å². The van der Waals surface area contributed by atoms with Crippen molar-refractivity contribution in [2.24, 2.45) is 0 Å². The summed E-state index contributed by atoms with van der Waals surface area (Å²) in [6.45, 7) is 7.62. The standard InChI is InChI=1S/C39H22N4/c1-40-27-19-21-30-33-22-26(18-20-32(33)39-42-35-12-6-7-13-36(35)43(39)37(30)23-27)24-14-16-25(17-15-24)38-31-10-3-2-8-28(31)29-9-4-5-11-34(29)41-38/h2-23H. The van der Waals surface area contributed by atoms with Crippen LogP contribution in [-0.2, 0) is 0 Å². The highest BCUT2D eigenvalue weighted by Crippen LogP contribution is 2.37. The Balaban J connectivity index is 1.23. The molecule has 9 rings (SSSR count). The second kappa shape index (κ2) is 8.97. The van der Waals surface area contributed by atoms with Gasteiger partial charge in [0, 0.05) is 32.6 Å². The number of rotatable bonds is 2. The van der Waals surface area contributed by atoms with E-state index < -0.39 is 0 Å². The molecule has 0 aliphatic rings. The summed E-state index contributed by atoms with van der Waals surface area (Å²) < 4.78 is 2.19. The molecule has 0 bridgehead atoms. The maximum absolute atomic E-state index is 7.62. The zero-order valence-corrected chi connectivity index (χ0v) is 23.0. The molecule has 3 aromatic heterocycles. The van der Waals surface area contributed by atoms with E-state index in [2.05, 4.69) is 106 Å². The molecule has 0 aliphatic heterocycles. The van der Waals surface area contributed by atoms with Gasteiger partial charge in [-0.25, -0.2) is 14.8 Å². The third-order valence-electron chi connectivity index (χ3n) is 8.56. The Labute approximate surface area is 246 Å². The molecule has 4 nitrogen and oxygen atoms in total. The lowest BCUT2D eigenvalue weighted by Crippen LogP contribution is -1.92. The van der Waals surface area contributed by atoms with Gasteiger partial charge in [-0.2, -0.15) is 0 Å². The van der Waals surface area contributed by atoms with E-state index in [9.17, 15) is 0 Å². The molecule has 9 aromatic rings. The highest BCUT2D eigenvalue weighted by atomic mass is 15.0. The third-order valence-corrected chi connectivity index (χ3v) is 8.56. The zero-order chi connectivity index (χ0) is 28.5. The van der Waals surface area contributed by atoms with Crippen LogP contribution in [0.25, 0.3) is 87.3 Å². The number of imidazole rings is 1. The van der Waals surface area contributed by atoms with E-state index in [1.165, 1.54) is 10.8 Å². The second-order valence-electron chi connectivity index (χ2n) is 10.9. The first-order chi connectivity index (χ1) is 21.3. The monoisotopic (exact) mass is 546 g/mol. The van der Waals surface area contributed by atoms with Gasteiger partial charge in [0.15, 0.2) is 5.69 Å². The van der Waals surface area contributed by atoms with E-state index >= 15 is 0 Å². The van der Waals surface area contributed by atoms with E-state index in [0.29, 0.717) is 5.69 Å². The number of hydrogen-bond donors (Lipinski definition) is 0. The topological polar surface area (TPSA) is 34.5 Å². The summed E-state index contributed by atoms with van der Waals surface area (Å²) in [7, 11) is 0. The average Bonchev–Trinajstić information content (AvgIpc) is 3.48. The number of aromatic nitrogens is 3. The minimum absolute atomic E-state index is 0.618. The molecule has 0 unspecified atom stereocenters. The van der Waals surface area contributed by atoms with Gasteiger partial charge in [-0.05, 0) is 58.3 Å². The van der Waals surface area contributed by atoms with Gasteiger partial charge in [0.1, 0.15) is 5.65 Å². The molecule has 0 spiro atoms. The highest BCUT2D eigenvalue weighted by Gasteiger charge is 2.15. The summed E-state index contributed by atoms with van der Waals surface area (Å²) >= 11 is 0. The number of pyridine rings is 2. The van der Waals surface area contributed by atoms with Crippen molar-refractivity contribution in [2.75, 3.05) is 0 Å². The van der Waals surface area contributed by atoms with Crippen LogP contribution in [0.4, 0.5) is 5.69 Å². The van der Waals surface area contributed by atoms with Crippen molar-refractivity contribution >= 4 is 65.7 Å². The van der Waals surface area contributed by atoms with Crippen LogP contribution < -0.4 is 0 Å². The van der Waals surface area contributed by atoms with E-state index in [0.717, 1.165) is 71.6 Å². The van der Waals surface area contributed by atoms with E-state index in [4.69, 9.17) is 16.5 Å². The van der Waals surface area contributed by atoms with Crippen molar-refractivity contribution in [3.63, 3.8) is 0 Å². The molecule has 4 heteroatoms. The van der Waals surface area contributed by atoms with Crippen LogP contribution in [-0.4, -0.2) is 14.4 Å². The van der Waals surface area contributed by atoms with Gasteiger partial charge in [-0.3, -0.25) is 4.40 Å². The minimum Gasteiger partial charge on any atom is -0.293 e. The normalized spacial score (nSPS) is 11.7. The predicted octanol–water partition coefficient (Wildman–Crippen LogP) is 10.4. The van der Waals surface area contributed by atoms with Crippen molar-refractivity contribution in [2.45, 2.75) is 0 Å². The van der Waals surface area contributed by atoms with Crippen LogP contribution in [0.1, 0.15) is 0 Å². The highest BCUT2D eigenvalue weighted by molar-refractivity contribution is 6.15. The molecule has 43 heavy (non-hydrogen) atoms. The SMILES string of the molecule is [C-]#[N+]c1ccc2c3cc(-c4ccc(-c5nc6ccccc6c6ccccc56)cc4)ccc3c3nc4ccccc4n3c2c1. The molecule has 0 fully saturated rings. The summed E-state index contributed by atoms with van der Waals surface area (Å²) in [5.41, 5.74) is 9.85. The first-order valence-corrected chi connectivity index (χ1v) is 14.3. The Morgan fingerprint density at radius 1 is 0.465 bits per heavy atom. The molecule has 0 atom stereocenters. The lowest BCUT2D eigenvalue weighted by atomic mass is 9.96. The maximum Gasteiger partial charge on any atom is 0.189 e. The van der Waals surface area contributed by atoms with Crippen molar-refractivity contribution in [3.8, 4) is 22.4 Å². The van der Waals surface area contributed by atoms with Crippen LogP contribution in [0.2, 0.25) is 0 Å². The molecule has 0 saturated carbocycles. The van der Waals surface area contributed by atoms with Crippen molar-refractivity contribution in [1.29, 1.82) is 0 Å². The molecular weight excluding hydrogens is 524 g/mol. The smallest absolute Gasteiger partial charge is 0.189 e. The summed E-state index contributed by atoms with van der Waals surface area (Å²) in [5, 5.41) is 6.85. The molecule has 6 aromatic carbocycles. The molecular formula is C39H22N4. The third kappa shape index (κ3) is 3.49.